The first-order chi connectivity index (χ1) is 13.5. The number of H-pyrrole nitrogens is 1. The molecule has 2 aliphatic heterocycles. The van der Waals surface area contributed by atoms with Crippen LogP contribution in [0.2, 0.25) is 0 Å². The van der Waals surface area contributed by atoms with Gasteiger partial charge in [0.1, 0.15) is 6.04 Å². The number of aromatic nitrogens is 2. The van der Waals surface area contributed by atoms with E-state index in [1.54, 1.807) is 18.0 Å². The molecule has 3 fully saturated rings. The Morgan fingerprint density at radius 2 is 1.96 bits per heavy atom. The Morgan fingerprint density at radius 3 is 2.61 bits per heavy atom. The SMILES string of the molecule is CC(=O)N1CCCC1C(=O)N1C[C@H]2CC[C@@H](C1)C2NC(=O)CCc1cn[nH]c1. The molecule has 3 heterocycles. The van der Waals surface area contributed by atoms with Crippen LogP contribution in [0.5, 0.6) is 0 Å². The number of aromatic amines is 1. The Bertz CT molecular complexity index is 720. The number of amides is 3. The molecule has 8 heteroatoms. The predicted molar refractivity (Wildman–Crippen MR) is 102 cm³/mol. The Balaban J connectivity index is 1.32. The number of carbonyl (C=O) groups excluding carboxylic acids is 3. The maximum atomic E-state index is 13.0. The van der Waals surface area contributed by atoms with E-state index in [0.29, 0.717) is 44.3 Å². The Hall–Kier alpha value is -2.38. The number of nitrogens with zero attached hydrogens (tertiary/aromatic N) is 3. The average molecular weight is 387 g/mol. The summed E-state index contributed by atoms with van der Waals surface area (Å²) in [7, 11) is 0. The third kappa shape index (κ3) is 3.77. The van der Waals surface area contributed by atoms with Crippen LogP contribution in [-0.2, 0) is 20.8 Å². The lowest BCUT2D eigenvalue weighted by Crippen LogP contribution is -2.57. The minimum absolute atomic E-state index is 0.0152. The van der Waals surface area contributed by atoms with Crippen molar-refractivity contribution in [2.24, 2.45) is 11.8 Å². The van der Waals surface area contributed by atoms with Crippen LogP contribution in [0.1, 0.15) is 44.6 Å². The van der Waals surface area contributed by atoms with Gasteiger partial charge in [0, 0.05) is 45.2 Å². The molecule has 28 heavy (non-hydrogen) atoms. The lowest BCUT2D eigenvalue weighted by molar-refractivity contribution is -0.144. The quantitative estimate of drug-likeness (QED) is 0.777. The molecule has 0 aromatic carbocycles. The summed E-state index contributed by atoms with van der Waals surface area (Å²) in [6.45, 7) is 3.59. The van der Waals surface area contributed by atoms with Crippen molar-refractivity contribution in [1.82, 2.24) is 25.3 Å². The molecule has 2 N–H and O–H groups in total. The summed E-state index contributed by atoms with van der Waals surface area (Å²) in [4.78, 5) is 40.9. The number of piperidine rings is 1. The van der Waals surface area contributed by atoms with E-state index in [-0.39, 0.29) is 29.8 Å². The molecule has 1 aliphatic carbocycles. The summed E-state index contributed by atoms with van der Waals surface area (Å²) in [6, 6.07) is -0.133. The van der Waals surface area contributed by atoms with Gasteiger partial charge in [0.2, 0.25) is 17.7 Å². The van der Waals surface area contributed by atoms with E-state index in [1.165, 1.54) is 0 Å². The highest BCUT2D eigenvalue weighted by Gasteiger charge is 2.46. The minimum Gasteiger partial charge on any atom is -0.353 e. The first-order valence-electron chi connectivity index (χ1n) is 10.4. The highest BCUT2D eigenvalue weighted by molar-refractivity contribution is 5.87. The van der Waals surface area contributed by atoms with Crippen LogP contribution in [0, 0.1) is 11.8 Å². The third-order valence-electron chi connectivity index (χ3n) is 6.61. The number of nitrogens with one attached hydrogen (secondary N) is 2. The summed E-state index contributed by atoms with van der Waals surface area (Å²) < 4.78 is 0. The predicted octanol–water partition coefficient (Wildman–Crippen LogP) is 0.706. The number of carbonyl (C=O) groups is 3. The molecule has 2 bridgehead atoms. The highest BCUT2D eigenvalue weighted by atomic mass is 16.2. The van der Waals surface area contributed by atoms with Crippen molar-refractivity contribution in [3.63, 3.8) is 0 Å². The lowest BCUT2D eigenvalue weighted by Gasteiger charge is -2.40. The van der Waals surface area contributed by atoms with Crippen molar-refractivity contribution < 1.29 is 14.4 Å². The van der Waals surface area contributed by atoms with Gasteiger partial charge in [-0.1, -0.05) is 0 Å². The van der Waals surface area contributed by atoms with Crippen LogP contribution in [0.25, 0.3) is 0 Å². The van der Waals surface area contributed by atoms with Gasteiger partial charge in [-0.3, -0.25) is 19.5 Å². The van der Waals surface area contributed by atoms with Gasteiger partial charge in [-0.2, -0.15) is 5.10 Å². The van der Waals surface area contributed by atoms with Crippen molar-refractivity contribution in [1.29, 1.82) is 0 Å². The normalized spacial score (nSPS) is 29.2. The first-order valence-corrected chi connectivity index (χ1v) is 10.4. The lowest BCUT2D eigenvalue weighted by atomic mass is 9.91. The molecule has 4 rings (SSSR count). The van der Waals surface area contributed by atoms with Crippen molar-refractivity contribution in [3.05, 3.63) is 18.0 Å². The fourth-order valence-corrected chi connectivity index (χ4v) is 5.18. The first kappa shape index (κ1) is 19.0. The molecule has 2 saturated heterocycles. The summed E-state index contributed by atoms with van der Waals surface area (Å²) in [6.07, 6.45) is 8.43. The van der Waals surface area contributed by atoms with Gasteiger partial charge < -0.3 is 15.1 Å². The van der Waals surface area contributed by atoms with Crippen LogP contribution in [-0.4, -0.2) is 69.4 Å². The summed E-state index contributed by atoms with van der Waals surface area (Å²) in [5.41, 5.74) is 1.03. The third-order valence-corrected chi connectivity index (χ3v) is 6.61. The molecule has 3 amide bonds. The number of aryl methyl sites for hydroxylation is 1. The van der Waals surface area contributed by atoms with Crippen molar-refractivity contribution in [3.8, 4) is 0 Å². The van der Waals surface area contributed by atoms with Crippen molar-refractivity contribution >= 4 is 17.7 Å². The van der Waals surface area contributed by atoms with Crippen LogP contribution in [0.15, 0.2) is 12.4 Å². The smallest absolute Gasteiger partial charge is 0.245 e. The molecule has 0 spiro atoms. The number of likely N-dealkylation sites (tertiary alicyclic amines) is 2. The van der Waals surface area contributed by atoms with E-state index in [1.807, 2.05) is 11.1 Å². The second kappa shape index (κ2) is 7.93. The van der Waals surface area contributed by atoms with Gasteiger partial charge >= 0.3 is 0 Å². The molecule has 1 saturated carbocycles. The number of hydrogen-bond acceptors (Lipinski definition) is 4. The second-order valence-electron chi connectivity index (χ2n) is 8.41. The van der Waals surface area contributed by atoms with Crippen LogP contribution in [0.4, 0.5) is 0 Å². The molecule has 0 radical (unpaired) electrons. The molecule has 152 valence electrons. The Labute approximate surface area is 165 Å². The van der Waals surface area contributed by atoms with E-state index < -0.39 is 0 Å². The van der Waals surface area contributed by atoms with Gasteiger partial charge in [-0.25, -0.2) is 0 Å². The number of hydrogen-bond donors (Lipinski definition) is 2. The number of rotatable bonds is 5. The van der Waals surface area contributed by atoms with Crippen LogP contribution < -0.4 is 5.32 Å². The van der Waals surface area contributed by atoms with E-state index in [9.17, 15) is 14.4 Å². The Kier molecular flexibility index (Phi) is 5.37. The monoisotopic (exact) mass is 387 g/mol. The molecule has 1 aromatic rings. The molecular weight excluding hydrogens is 358 g/mol. The summed E-state index contributed by atoms with van der Waals surface area (Å²) in [5.74, 6) is 0.773. The standard InChI is InChI=1S/C20H29N5O3/c1-13(26)25-8-2-3-17(25)20(28)24-11-15-5-6-16(12-24)19(15)23-18(27)7-4-14-9-21-22-10-14/h9-10,15-17,19H,2-8,11-12H2,1H3,(H,21,22)(H,23,27)/t15-,16+,17?,19?. The zero-order valence-corrected chi connectivity index (χ0v) is 16.4. The Morgan fingerprint density at radius 1 is 1.21 bits per heavy atom. The maximum Gasteiger partial charge on any atom is 0.245 e. The molecule has 1 aromatic heterocycles. The fourth-order valence-electron chi connectivity index (χ4n) is 5.18. The maximum absolute atomic E-state index is 13.0. The molecular formula is C20H29N5O3. The van der Waals surface area contributed by atoms with Crippen molar-refractivity contribution in [2.45, 2.75) is 57.5 Å². The summed E-state index contributed by atoms with van der Waals surface area (Å²) in [5, 5.41) is 9.90. The van der Waals surface area contributed by atoms with Crippen LogP contribution >= 0.6 is 0 Å². The van der Waals surface area contributed by atoms with Crippen LogP contribution in [0.3, 0.4) is 0 Å². The van der Waals surface area contributed by atoms with E-state index in [2.05, 4.69) is 15.5 Å². The summed E-state index contributed by atoms with van der Waals surface area (Å²) >= 11 is 0. The van der Waals surface area contributed by atoms with Gasteiger partial charge in [-0.05, 0) is 49.5 Å². The van der Waals surface area contributed by atoms with Gasteiger partial charge in [0.05, 0.1) is 6.20 Å². The molecule has 3 aliphatic rings. The topological polar surface area (TPSA) is 98.4 Å². The van der Waals surface area contributed by atoms with E-state index in [4.69, 9.17) is 0 Å². The number of fused-ring (bicyclic) bond motifs is 2. The molecule has 4 atom stereocenters. The molecule has 2 unspecified atom stereocenters. The fraction of sp³-hybridized carbons (Fsp3) is 0.700. The van der Waals surface area contributed by atoms with Gasteiger partial charge in [0.15, 0.2) is 0 Å². The minimum atomic E-state index is -0.294. The largest absolute Gasteiger partial charge is 0.353 e. The van der Waals surface area contributed by atoms with Gasteiger partial charge in [0.25, 0.3) is 0 Å². The second-order valence-corrected chi connectivity index (χ2v) is 8.41. The van der Waals surface area contributed by atoms with E-state index >= 15 is 0 Å². The van der Waals surface area contributed by atoms with E-state index in [0.717, 1.165) is 31.2 Å². The van der Waals surface area contributed by atoms with Crippen molar-refractivity contribution in [2.75, 3.05) is 19.6 Å². The zero-order chi connectivity index (χ0) is 19.7. The zero-order valence-electron chi connectivity index (χ0n) is 16.4. The van der Waals surface area contributed by atoms with Gasteiger partial charge in [-0.15, -0.1) is 0 Å². The molecule has 8 nitrogen and oxygen atoms in total. The highest BCUT2D eigenvalue weighted by Crippen LogP contribution is 2.38. The average Bonchev–Trinajstić information content (AvgIpc) is 3.40.